The maximum absolute atomic E-state index is 11.6. The summed E-state index contributed by atoms with van der Waals surface area (Å²) in [5.74, 6) is 1.69. The Labute approximate surface area is 163 Å². The molecular formula is C19H20N4O4S. The van der Waals surface area contributed by atoms with Crippen LogP contribution >= 0.6 is 0 Å². The largest absolute Gasteiger partial charge is 0.497 e. The van der Waals surface area contributed by atoms with Crippen molar-refractivity contribution in [1.29, 1.82) is 0 Å². The molecule has 0 unspecified atom stereocenters. The lowest BCUT2D eigenvalue weighted by Gasteiger charge is -2.22. The van der Waals surface area contributed by atoms with E-state index in [1.807, 2.05) is 24.3 Å². The van der Waals surface area contributed by atoms with Crippen LogP contribution in [0, 0.1) is 0 Å². The van der Waals surface area contributed by atoms with Crippen LogP contribution in [-0.4, -0.2) is 31.7 Å². The zero-order chi connectivity index (χ0) is 19.9. The number of fused-ring (bicyclic) bond motifs is 1. The number of sulfonamides is 1. The normalized spacial score (nSPS) is 16.2. The van der Waals surface area contributed by atoms with Gasteiger partial charge in [0.2, 0.25) is 21.7 Å². The van der Waals surface area contributed by atoms with Gasteiger partial charge < -0.3 is 14.2 Å². The molecule has 2 aromatic carbocycles. The van der Waals surface area contributed by atoms with E-state index in [1.165, 1.54) is 6.07 Å². The van der Waals surface area contributed by atoms with E-state index in [2.05, 4.69) is 22.0 Å². The Kier molecular flexibility index (Phi) is 4.56. The lowest BCUT2D eigenvalue weighted by molar-refractivity contribution is 0.374. The van der Waals surface area contributed by atoms with Crippen LogP contribution in [0.15, 0.2) is 51.9 Å². The second kappa shape index (κ2) is 6.92. The summed E-state index contributed by atoms with van der Waals surface area (Å²) in [5, 5.41) is 9.31. The molecule has 8 nitrogen and oxygen atoms in total. The Morgan fingerprint density at radius 3 is 2.86 bits per heavy atom. The summed E-state index contributed by atoms with van der Waals surface area (Å²) >= 11 is 0. The minimum atomic E-state index is -3.72. The van der Waals surface area contributed by atoms with E-state index in [0.29, 0.717) is 18.3 Å². The zero-order valence-electron chi connectivity index (χ0n) is 15.5. The van der Waals surface area contributed by atoms with Crippen molar-refractivity contribution >= 4 is 15.7 Å². The molecule has 1 aliphatic rings. The number of nitrogens with two attached hydrogens (primary N) is 1. The van der Waals surface area contributed by atoms with Crippen LogP contribution in [0.4, 0.5) is 5.69 Å². The minimum Gasteiger partial charge on any atom is -0.497 e. The first-order chi connectivity index (χ1) is 13.3. The van der Waals surface area contributed by atoms with Gasteiger partial charge in [0.1, 0.15) is 5.75 Å². The smallest absolute Gasteiger partial charge is 0.246 e. The molecule has 0 saturated carbocycles. The summed E-state index contributed by atoms with van der Waals surface area (Å²) in [4.78, 5) is 6.73. The highest BCUT2D eigenvalue weighted by molar-refractivity contribution is 7.89. The molecule has 1 aromatic heterocycles. The second-order valence-electron chi connectivity index (χ2n) is 6.76. The zero-order valence-corrected chi connectivity index (χ0v) is 16.3. The van der Waals surface area contributed by atoms with Gasteiger partial charge in [-0.2, -0.15) is 4.98 Å². The summed E-state index contributed by atoms with van der Waals surface area (Å²) in [5.41, 5.74) is 2.69. The number of rotatable bonds is 5. The van der Waals surface area contributed by atoms with Crippen molar-refractivity contribution in [2.45, 2.75) is 30.8 Å². The van der Waals surface area contributed by atoms with Crippen LogP contribution in [0.1, 0.15) is 18.4 Å². The van der Waals surface area contributed by atoms with Crippen LogP contribution in [0.25, 0.3) is 11.4 Å². The fraction of sp³-hybridized carbons (Fsp3) is 0.263. The number of anilines is 1. The van der Waals surface area contributed by atoms with E-state index in [0.717, 1.165) is 29.0 Å². The summed E-state index contributed by atoms with van der Waals surface area (Å²) in [6.07, 6.45) is 0.718. The molecule has 4 rings (SSSR count). The highest BCUT2D eigenvalue weighted by Gasteiger charge is 2.28. The highest BCUT2D eigenvalue weighted by Crippen LogP contribution is 2.35. The quantitative estimate of drug-likeness (QED) is 0.699. The van der Waals surface area contributed by atoms with Crippen molar-refractivity contribution in [3.63, 3.8) is 0 Å². The Morgan fingerprint density at radius 1 is 1.29 bits per heavy atom. The van der Waals surface area contributed by atoms with Gasteiger partial charge in [-0.1, -0.05) is 17.3 Å². The van der Waals surface area contributed by atoms with Crippen LogP contribution in [-0.2, 0) is 23.0 Å². The maximum Gasteiger partial charge on any atom is 0.246 e. The topological polar surface area (TPSA) is 112 Å². The number of aromatic nitrogens is 2. The number of hydrogen-bond donors (Lipinski definition) is 1. The van der Waals surface area contributed by atoms with Crippen LogP contribution in [0.2, 0.25) is 0 Å². The molecule has 146 valence electrons. The van der Waals surface area contributed by atoms with Crippen LogP contribution in [0.3, 0.4) is 0 Å². The molecule has 3 aromatic rings. The average Bonchev–Trinajstić information content (AvgIpc) is 3.26. The Morgan fingerprint density at radius 2 is 2.11 bits per heavy atom. The number of primary sulfonamides is 1. The first-order valence-electron chi connectivity index (χ1n) is 8.74. The van der Waals surface area contributed by atoms with Crippen molar-refractivity contribution in [2.24, 2.45) is 5.14 Å². The monoisotopic (exact) mass is 400 g/mol. The summed E-state index contributed by atoms with van der Waals surface area (Å²) in [6, 6.07) is 12.5. The molecule has 1 atom stereocenters. The molecule has 9 heteroatoms. The van der Waals surface area contributed by atoms with Gasteiger partial charge in [0, 0.05) is 17.3 Å². The third-order valence-electron chi connectivity index (χ3n) is 4.84. The molecule has 0 radical (unpaired) electrons. The van der Waals surface area contributed by atoms with Crippen molar-refractivity contribution in [3.05, 3.63) is 53.9 Å². The second-order valence-corrected chi connectivity index (χ2v) is 8.32. The van der Waals surface area contributed by atoms with Gasteiger partial charge in [-0.05, 0) is 49.2 Å². The van der Waals surface area contributed by atoms with Crippen LogP contribution in [0.5, 0.6) is 5.75 Å². The maximum atomic E-state index is 11.6. The van der Waals surface area contributed by atoms with Gasteiger partial charge in [-0.3, -0.25) is 0 Å². The number of nitrogens with zero attached hydrogens (tertiary/aromatic N) is 3. The van der Waals surface area contributed by atoms with E-state index in [-0.39, 0.29) is 10.9 Å². The molecule has 0 amide bonds. The molecule has 2 N–H and O–H groups in total. The predicted molar refractivity (Wildman–Crippen MR) is 103 cm³/mol. The first kappa shape index (κ1) is 18.5. The van der Waals surface area contributed by atoms with Gasteiger partial charge >= 0.3 is 0 Å². The first-order valence-corrected chi connectivity index (χ1v) is 10.3. The average molecular weight is 400 g/mol. The lowest BCUT2D eigenvalue weighted by atomic mass is 10.1. The van der Waals surface area contributed by atoms with Gasteiger partial charge in [0.05, 0.1) is 18.6 Å². The third-order valence-corrected chi connectivity index (χ3v) is 5.75. The van der Waals surface area contributed by atoms with Crippen LogP contribution < -0.4 is 14.8 Å². The van der Waals surface area contributed by atoms with E-state index in [9.17, 15) is 8.42 Å². The van der Waals surface area contributed by atoms with E-state index in [4.69, 9.17) is 14.4 Å². The summed E-state index contributed by atoms with van der Waals surface area (Å²) in [6.45, 7) is 2.50. The molecule has 0 aliphatic carbocycles. The molecule has 0 saturated heterocycles. The van der Waals surface area contributed by atoms with Gasteiger partial charge in [0.15, 0.2) is 0 Å². The standard InChI is InChI=1S/C19H20N4O4S/c1-12-8-14-10-16(28(20,24)25)6-7-17(14)23(12)11-18-21-19(22-27-18)13-4-3-5-15(9-13)26-2/h3-7,9-10,12H,8,11H2,1-2H3,(H2,20,24,25)/t12-/m1/s1. The molecule has 2 heterocycles. The summed E-state index contributed by atoms with van der Waals surface area (Å²) in [7, 11) is -2.12. The van der Waals surface area contributed by atoms with Crippen molar-refractivity contribution in [1.82, 2.24) is 10.1 Å². The van der Waals surface area contributed by atoms with Crippen molar-refractivity contribution in [3.8, 4) is 17.1 Å². The Bertz CT molecular complexity index is 1130. The number of hydrogen-bond acceptors (Lipinski definition) is 7. The molecule has 0 bridgehead atoms. The highest BCUT2D eigenvalue weighted by atomic mass is 32.2. The Balaban J connectivity index is 1.58. The predicted octanol–water partition coefficient (Wildman–Crippen LogP) is 2.34. The fourth-order valence-electron chi connectivity index (χ4n) is 3.43. The van der Waals surface area contributed by atoms with Gasteiger partial charge in [-0.25, -0.2) is 13.6 Å². The SMILES string of the molecule is COc1cccc(-c2noc(CN3c4ccc(S(N)(=O)=O)cc4C[C@H]3C)n2)c1. The van der Waals surface area contributed by atoms with E-state index in [1.54, 1.807) is 19.2 Å². The van der Waals surface area contributed by atoms with Gasteiger partial charge in [-0.15, -0.1) is 0 Å². The fourth-order valence-corrected chi connectivity index (χ4v) is 4.00. The Hall–Kier alpha value is -2.91. The van der Waals surface area contributed by atoms with E-state index < -0.39 is 10.0 Å². The van der Waals surface area contributed by atoms with Crippen molar-refractivity contribution < 1.29 is 17.7 Å². The molecule has 1 aliphatic heterocycles. The molecular weight excluding hydrogens is 380 g/mol. The molecule has 0 spiro atoms. The van der Waals surface area contributed by atoms with Crippen molar-refractivity contribution in [2.75, 3.05) is 12.0 Å². The summed E-state index contributed by atoms with van der Waals surface area (Å²) < 4.78 is 33.9. The number of methoxy groups -OCH3 is 1. The van der Waals surface area contributed by atoms with Gasteiger partial charge in [0.25, 0.3) is 0 Å². The number of benzene rings is 2. The minimum absolute atomic E-state index is 0.124. The molecule has 28 heavy (non-hydrogen) atoms. The third kappa shape index (κ3) is 3.46. The lowest BCUT2D eigenvalue weighted by Crippen LogP contribution is -2.28. The molecule has 0 fully saturated rings. The number of ether oxygens (including phenoxy) is 1. The van der Waals surface area contributed by atoms with E-state index >= 15 is 0 Å².